The van der Waals surface area contributed by atoms with Gasteiger partial charge in [0.25, 0.3) is 0 Å². The number of carbonyl (C=O) groups is 1. The van der Waals surface area contributed by atoms with Crippen LogP contribution in [0.15, 0.2) is 18.2 Å². The van der Waals surface area contributed by atoms with Crippen molar-refractivity contribution in [1.82, 2.24) is 0 Å². The molecule has 1 aromatic rings. The van der Waals surface area contributed by atoms with Crippen LogP contribution in [-0.4, -0.2) is 36.9 Å². The minimum atomic E-state index is -0.218. The van der Waals surface area contributed by atoms with Gasteiger partial charge in [-0.25, -0.2) is 4.39 Å². The lowest BCUT2D eigenvalue weighted by atomic mass is 9.43. The normalized spacial score (nSPS) is 41.9. The molecule has 0 unspecified atom stereocenters. The Kier molecular flexibility index (Phi) is 7.40. The molecule has 4 saturated carbocycles. The van der Waals surface area contributed by atoms with Crippen LogP contribution in [0.1, 0.15) is 97.0 Å². The standard InChI is InChI=1S/C34H50FNO3/c1-5-21(6-13-32(38)36-17-15-22-18-24(35)8-12-30(22)36)27-10-11-28-26-9-7-23-19-25(37)14-16-33(23,2)29(26)20-31(39-4)34(27,28)3/h8,12,18,21,23,25-29,31,37H,5-7,9-11,13-17,19-20H2,1-4H3/t21-,23-,25-,26+,27-,28+,29+,31+,33+,34-/m1/s1. The Hall–Kier alpha value is -1.46. The van der Waals surface area contributed by atoms with E-state index in [2.05, 4.69) is 20.8 Å². The van der Waals surface area contributed by atoms with Crippen LogP contribution in [0, 0.1) is 52.2 Å². The molecule has 0 radical (unpaired) electrons. The minimum absolute atomic E-state index is 0.106. The van der Waals surface area contributed by atoms with Gasteiger partial charge in [0.1, 0.15) is 5.82 Å². The molecule has 4 fully saturated rings. The smallest absolute Gasteiger partial charge is 0.227 e. The number of amides is 1. The number of rotatable bonds is 6. The fourth-order valence-corrected chi connectivity index (χ4v) is 11.1. The Morgan fingerprint density at radius 1 is 1.15 bits per heavy atom. The SMILES string of the molecule is CC[C@H](CCC(=O)N1CCc2cc(F)ccc21)[C@H]1CC[C@H]2[C@@H]3CC[C@@H]4C[C@H](O)CC[C@]4(C)[C@H]3C[C@H](OC)[C@]12C. The number of halogens is 1. The number of carbonyl (C=O) groups excluding carboxylic acids is 1. The third-order valence-electron chi connectivity index (χ3n) is 13.1. The third kappa shape index (κ3) is 4.40. The van der Waals surface area contributed by atoms with Crippen LogP contribution >= 0.6 is 0 Å². The molecule has 1 aliphatic heterocycles. The Morgan fingerprint density at radius 3 is 2.74 bits per heavy atom. The van der Waals surface area contributed by atoms with Crippen molar-refractivity contribution in [2.24, 2.45) is 46.3 Å². The summed E-state index contributed by atoms with van der Waals surface area (Å²) in [4.78, 5) is 15.3. The van der Waals surface area contributed by atoms with Crippen molar-refractivity contribution < 1.29 is 19.0 Å². The van der Waals surface area contributed by atoms with Crippen molar-refractivity contribution in [3.8, 4) is 0 Å². The maximum Gasteiger partial charge on any atom is 0.227 e. The van der Waals surface area contributed by atoms with E-state index < -0.39 is 0 Å². The first-order valence-corrected chi connectivity index (χ1v) is 16.0. The van der Waals surface area contributed by atoms with Crippen LogP contribution in [0.2, 0.25) is 0 Å². The number of hydrogen-bond donors (Lipinski definition) is 1. The summed E-state index contributed by atoms with van der Waals surface area (Å²) in [5.74, 6) is 3.90. The summed E-state index contributed by atoms with van der Waals surface area (Å²) in [5, 5.41) is 10.4. The number of ether oxygens (including phenoxy) is 1. The van der Waals surface area contributed by atoms with E-state index in [1.54, 1.807) is 12.1 Å². The molecule has 4 aliphatic carbocycles. The molecule has 216 valence electrons. The molecule has 5 heteroatoms. The molecule has 0 bridgehead atoms. The molecule has 1 N–H and O–H groups in total. The molecule has 1 heterocycles. The van der Waals surface area contributed by atoms with Gasteiger partial charge in [0.2, 0.25) is 5.91 Å². The number of methoxy groups -OCH3 is 1. The topological polar surface area (TPSA) is 49.8 Å². The lowest BCUT2D eigenvalue weighted by molar-refractivity contribution is -0.183. The number of benzene rings is 1. The zero-order valence-electron chi connectivity index (χ0n) is 24.6. The molecule has 4 nitrogen and oxygen atoms in total. The summed E-state index contributed by atoms with van der Waals surface area (Å²) in [6.07, 6.45) is 12.9. The van der Waals surface area contributed by atoms with Gasteiger partial charge in [0.05, 0.1) is 12.2 Å². The monoisotopic (exact) mass is 539 g/mol. The van der Waals surface area contributed by atoms with E-state index in [4.69, 9.17) is 4.74 Å². The van der Waals surface area contributed by atoms with Crippen molar-refractivity contribution in [3.63, 3.8) is 0 Å². The highest BCUT2D eigenvalue weighted by atomic mass is 19.1. The number of hydrogen-bond acceptors (Lipinski definition) is 3. The first-order chi connectivity index (χ1) is 18.7. The van der Waals surface area contributed by atoms with Crippen LogP contribution in [0.25, 0.3) is 0 Å². The van der Waals surface area contributed by atoms with Gasteiger partial charge in [-0.05, 0) is 134 Å². The Morgan fingerprint density at radius 2 is 1.97 bits per heavy atom. The molecule has 6 rings (SSSR count). The van der Waals surface area contributed by atoms with E-state index >= 15 is 0 Å². The van der Waals surface area contributed by atoms with Gasteiger partial charge < -0.3 is 14.7 Å². The fraction of sp³-hybridized carbons (Fsp3) is 0.794. The average molecular weight is 540 g/mol. The highest BCUT2D eigenvalue weighted by Crippen LogP contribution is 2.69. The van der Waals surface area contributed by atoms with Crippen molar-refractivity contribution >= 4 is 11.6 Å². The summed E-state index contributed by atoms with van der Waals surface area (Å²) in [6, 6.07) is 4.84. The number of fused-ring (bicyclic) bond motifs is 6. The first kappa shape index (κ1) is 27.7. The molecule has 0 aromatic heterocycles. The predicted octanol–water partition coefficient (Wildman–Crippen LogP) is 7.17. The number of aliphatic hydroxyl groups is 1. The lowest BCUT2D eigenvalue weighted by Gasteiger charge is -2.63. The molecule has 5 aliphatic rings. The van der Waals surface area contributed by atoms with Gasteiger partial charge >= 0.3 is 0 Å². The van der Waals surface area contributed by atoms with Crippen LogP contribution < -0.4 is 4.90 Å². The second-order valence-corrected chi connectivity index (χ2v) is 14.4. The summed E-state index contributed by atoms with van der Waals surface area (Å²) < 4.78 is 20.1. The van der Waals surface area contributed by atoms with Gasteiger partial charge in [0.15, 0.2) is 0 Å². The average Bonchev–Trinajstić information content (AvgIpc) is 3.50. The van der Waals surface area contributed by atoms with Crippen LogP contribution in [-0.2, 0) is 16.0 Å². The van der Waals surface area contributed by atoms with E-state index in [0.717, 1.165) is 62.1 Å². The maximum atomic E-state index is 13.7. The van der Waals surface area contributed by atoms with Gasteiger partial charge in [-0.3, -0.25) is 4.79 Å². The summed E-state index contributed by atoms with van der Waals surface area (Å²) >= 11 is 0. The molecule has 1 amide bonds. The van der Waals surface area contributed by atoms with Crippen LogP contribution in [0.5, 0.6) is 0 Å². The fourth-order valence-electron chi connectivity index (χ4n) is 11.1. The summed E-state index contributed by atoms with van der Waals surface area (Å²) in [5.41, 5.74) is 2.36. The van der Waals surface area contributed by atoms with E-state index in [0.29, 0.717) is 48.0 Å². The highest BCUT2D eigenvalue weighted by molar-refractivity contribution is 5.95. The van der Waals surface area contributed by atoms with E-state index in [1.807, 2.05) is 12.0 Å². The van der Waals surface area contributed by atoms with Crippen LogP contribution in [0.3, 0.4) is 0 Å². The Balaban J connectivity index is 1.18. The van der Waals surface area contributed by atoms with Crippen LogP contribution in [0.4, 0.5) is 10.1 Å². The zero-order chi connectivity index (χ0) is 27.5. The zero-order valence-corrected chi connectivity index (χ0v) is 24.6. The minimum Gasteiger partial charge on any atom is -0.393 e. The van der Waals surface area contributed by atoms with Gasteiger partial charge in [-0.2, -0.15) is 0 Å². The second kappa shape index (κ2) is 10.4. The number of nitrogens with zero attached hydrogens (tertiary/aromatic N) is 1. The lowest BCUT2D eigenvalue weighted by Crippen LogP contribution is -2.59. The summed E-state index contributed by atoms with van der Waals surface area (Å²) in [6.45, 7) is 8.08. The predicted molar refractivity (Wildman–Crippen MR) is 153 cm³/mol. The van der Waals surface area contributed by atoms with E-state index in [-0.39, 0.29) is 29.3 Å². The molecule has 39 heavy (non-hydrogen) atoms. The van der Waals surface area contributed by atoms with Crippen molar-refractivity contribution in [1.29, 1.82) is 0 Å². The van der Waals surface area contributed by atoms with Crippen molar-refractivity contribution in [2.45, 2.75) is 110 Å². The van der Waals surface area contributed by atoms with Crippen molar-refractivity contribution in [3.05, 3.63) is 29.6 Å². The largest absolute Gasteiger partial charge is 0.393 e. The number of anilines is 1. The first-order valence-electron chi connectivity index (χ1n) is 16.0. The highest BCUT2D eigenvalue weighted by Gasteiger charge is 2.64. The quantitative estimate of drug-likeness (QED) is 0.417. The molecule has 0 spiro atoms. The molecular formula is C34H50FNO3. The molecule has 10 atom stereocenters. The third-order valence-corrected chi connectivity index (χ3v) is 13.1. The molecule has 0 saturated heterocycles. The Bertz CT molecular complexity index is 1080. The maximum absolute atomic E-state index is 13.7. The van der Waals surface area contributed by atoms with Gasteiger partial charge in [-0.1, -0.05) is 27.2 Å². The summed E-state index contributed by atoms with van der Waals surface area (Å²) in [7, 11) is 1.94. The Labute approximate surface area is 235 Å². The van der Waals surface area contributed by atoms with Gasteiger partial charge in [-0.15, -0.1) is 0 Å². The second-order valence-electron chi connectivity index (χ2n) is 14.4. The van der Waals surface area contributed by atoms with Crippen molar-refractivity contribution in [2.75, 3.05) is 18.6 Å². The molecular weight excluding hydrogens is 489 g/mol. The van der Waals surface area contributed by atoms with E-state index in [9.17, 15) is 14.3 Å². The molecule has 1 aromatic carbocycles. The number of aliphatic hydroxyl groups excluding tert-OH is 1. The van der Waals surface area contributed by atoms with E-state index in [1.165, 1.54) is 31.7 Å². The van der Waals surface area contributed by atoms with Gasteiger partial charge in [0, 0.05) is 25.8 Å².